The van der Waals surface area contributed by atoms with Gasteiger partial charge in [0.05, 0.1) is 22.8 Å². The Morgan fingerprint density at radius 3 is 2.29 bits per heavy atom. The van der Waals surface area contributed by atoms with E-state index >= 15 is 0 Å². The number of benzene rings is 3. The second-order valence-electron chi connectivity index (χ2n) is 8.34. The third-order valence-corrected chi connectivity index (χ3v) is 7.54. The van der Waals surface area contributed by atoms with Crippen molar-refractivity contribution in [2.24, 2.45) is 7.05 Å². The van der Waals surface area contributed by atoms with Gasteiger partial charge in [-0.25, -0.2) is 4.98 Å². The molecule has 0 saturated carbocycles. The second kappa shape index (κ2) is 8.70. The molecule has 7 heteroatoms. The van der Waals surface area contributed by atoms with Crippen molar-refractivity contribution in [1.29, 1.82) is 0 Å². The number of carbonyl (C=O) groups is 1. The van der Waals surface area contributed by atoms with E-state index in [1.54, 1.807) is 11.3 Å². The molecule has 0 amide bonds. The minimum atomic E-state index is -0.858. The molecule has 0 saturated heterocycles. The third kappa shape index (κ3) is 4.00. The van der Waals surface area contributed by atoms with E-state index in [9.17, 15) is 9.90 Å². The Bertz CT molecular complexity index is 1530. The predicted molar refractivity (Wildman–Crippen MR) is 139 cm³/mol. The zero-order valence-electron chi connectivity index (χ0n) is 19.0. The summed E-state index contributed by atoms with van der Waals surface area (Å²) in [6.45, 7) is 4.00. The maximum Gasteiger partial charge on any atom is 0.307 e. The first-order valence-electron chi connectivity index (χ1n) is 10.8. The number of aliphatic carboxylic acids is 1. The molecule has 0 radical (unpaired) electrons. The fraction of sp³-hybridized carbons (Fsp3) is 0.148. The van der Waals surface area contributed by atoms with Crippen molar-refractivity contribution in [1.82, 2.24) is 14.8 Å². The molecule has 2 heterocycles. The van der Waals surface area contributed by atoms with Gasteiger partial charge in [0.2, 0.25) is 0 Å². The van der Waals surface area contributed by atoms with Crippen LogP contribution in [-0.4, -0.2) is 25.8 Å². The van der Waals surface area contributed by atoms with Gasteiger partial charge in [0.15, 0.2) is 0 Å². The number of fused-ring (bicyclic) bond motifs is 1. The van der Waals surface area contributed by atoms with Crippen LogP contribution in [0.15, 0.2) is 60.8 Å². The number of carboxylic acid groups (broad SMARTS) is 1. The summed E-state index contributed by atoms with van der Waals surface area (Å²) in [4.78, 5) is 16.6. The Morgan fingerprint density at radius 2 is 1.68 bits per heavy atom. The van der Waals surface area contributed by atoms with Crippen molar-refractivity contribution >= 4 is 39.1 Å². The molecule has 0 aliphatic carbocycles. The number of thiazole rings is 1. The number of rotatable bonds is 5. The summed E-state index contributed by atoms with van der Waals surface area (Å²) in [6, 6.07) is 17.9. The molecule has 0 bridgehead atoms. The van der Waals surface area contributed by atoms with Crippen molar-refractivity contribution in [3.05, 3.63) is 82.6 Å². The quantitative estimate of drug-likeness (QED) is 0.292. The molecule has 170 valence electrons. The number of nitrogens with zero attached hydrogens (tertiary/aromatic N) is 3. The molecular weight excluding hydrogens is 466 g/mol. The minimum absolute atomic E-state index is 0.0495. The van der Waals surface area contributed by atoms with Crippen LogP contribution in [0.4, 0.5) is 0 Å². The summed E-state index contributed by atoms with van der Waals surface area (Å²) >= 11 is 7.70. The van der Waals surface area contributed by atoms with E-state index < -0.39 is 5.97 Å². The van der Waals surface area contributed by atoms with Crippen LogP contribution < -0.4 is 0 Å². The molecule has 0 atom stereocenters. The summed E-state index contributed by atoms with van der Waals surface area (Å²) in [5, 5.41) is 15.4. The fourth-order valence-electron chi connectivity index (χ4n) is 4.23. The van der Waals surface area contributed by atoms with E-state index in [0.29, 0.717) is 5.02 Å². The van der Waals surface area contributed by atoms with Gasteiger partial charge < -0.3 is 5.11 Å². The zero-order valence-corrected chi connectivity index (χ0v) is 20.5. The van der Waals surface area contributed by atoms with Crippen LogP contribution in [-0.2, 0) is 18.3 Å². The molecule has 0 aliphatic rings. The van der Waals surface area contributed by atoms with Crippen molar-refractivity contribution in [2.75, 3.05) is 0 Å². The summed E-state index contributed by atoms with van der Waals surface area (Å²) in [5.41, 5.74) is 8.79. The lowest BCUT2D eigenvalue weighted by Crippen LogP contribution is -2.04. The fourth-order valence-corrected chi connectivity index (χ4v) is 5.50. The van der Waals surface area contributed by atoms with Gasteiger partial charge in [-0.1, -0.05) is 48.0 Å². The number of hydrogen-bond donors (Lipinski definition) is 1. The molecule has 5 rings (SSSR count). The van der Waals surface area contributed by atoms with Crippen LogP contribution in [0.3, 0.4) is 0 Å². The Labute approximate surface area is 206 Å². The largest absolute Gasteiger partial charge is 0.481 e. The molecule has 34 heavy (non-hydrogen) atoms. The van der Waals surface area contributed by atoms with Crippen molar-refractivity contribution < 1.29 is 9.90 Å². The first-order chi connectivity index (χ1) is 16.3. The monoisotopic (exact) mass is 487 g/mol. The van der Waals surface area contributed by atoms with Crippen LogP contribution in [0.5, 0.6) is 0 Å². The average molecular weight is 488 g/mol. The molecule has 3 aromatic carbocycles. The van der Waals surface area contributed by atoms with E-state index in [0.717, 1.165) is 59.9 Å². The first kappa shape index (κ1) is 22.3. The molecule has 0 unspecified atom stereocenters. The van der Waals surface area contributed by atoms with Crippen LogP contribution in [0.1, 0.15) is 16.8 Å². The number of carboxylic acids is 1. The second-order valence-corrected chi connectivity index (χ2v) is 9.77. The van der Waals surface area contributed by atoms with Gasteiger partial charge in [-0.05, 0) is 54.3 Å². The lowest BCUT2D eigenvalue weighted by Gasteiger charge is -2.13. The van der Waals surface area contributed by atoms with Crippen LogP contribution >= 0.6 is 22.9 Å². The molecule has 5 aromatic rings. The normalized spacial score (nSPS) is 11.3. The van der Waals surface area contributed by atoms with Crippen molar-refractivity contribution in [2.45, 2.75) is 20.3 Å². The van der Waals surface area contributed by atoms with E-state index in [-0.39, 0.29) is 6.42 Å². The Hall–Kier alpha value is -3.48. The maximum absolute atomic E-state index is 11.7. The van der Waals surface area contributed by atoms with Gasteiger partial charge in [-0.3, -0.25) is 9.48 Å². The Balaban J connectivity index is 1.64. The summed E-state index contributed by atoms with van der Waals surface area (Å²) in [5.74, 6) is -0.858. The topological polar surface area (TPSA) is 68.0 Å². The molecule has 2 aromatic heterocycles. The minimum Gasteiger partial charge on any atom is -0.481 e. The van der Waals surface area contributed by atoms with Gasteiger partial charge in [-0.2, -0.15) is 5.10 Å². The summed E-state index contributed by atoms with van der Waals surface area (Å²) in [6.07, 6.45) is 1.83. The molecule has 0 aliphatic heterocycles. The van der Waals surface area contributed by atoms with E-state index in [1.807, 2.05) is 55.2 Å². The van der Waals surface area contributed by atoms with Crippen LogP contribution in [0.25, 0.3) is 43.0 Å². The van der Waals surface area contributed by atoms with Crippen molar-refractivity contribution in [3.8, 4) is 32.8 Å². The van der Waals surface area contributed by atoms with Gasteiger partial charge in [0.25, 0.3) is 0 Å². The van der Waals surface area contributed by atoms with E-state index in [1.165, 1.54) is 0 Å². The molecular formula is C27H22ClN3O2S. The third-order valence-electron chi connectivity index (χ3n) is 6.15. The highest BCUT2D eigenvalue weighted by molar-refractivity contribution is 7.22. The van der Waals surface area contributed by atoms with Gasteiger partial charge in [-0.15, -0.1) is 11.3 Å². The van der Waals surface area contributed by atoms with E-state index in [4.69, 9.17) is 16.6 Å². The van der Waals surface area contributed by atoms with Crippen molar-refractivity contribution in [3.63, 3.8) is 0 Å². The highest BCUT2D eigenvalue weighted by Crippen LogP contribution is 2.41. The number of halogens is 1. The predicted octanol–water partition coefficient (Wildman–Crippen LogP) is 6.93. The van der Waals surface area contributed by atoms with E-state index in [2.05, 4.69) is 36.3 Å². The number of aromatic nitrogens is 3. The summed E-state index contributed by atoms with van der Waals surface area (Å²) in [7, 11) is 1.94. The van der Waals surface area contributed by atoms with Gasteiger partial charge >= 0.3 is 5.97 Å². The molecule has 0 fully saturated rings. The van der Waals surface area contributed by atoms with Crippen LogP contribution in [0.2, 0.25) is 5.02 Å². The van der Waals surface area contributed by atoms with Gasteiger partial charge in [0, 0.05) is 34.5 Å². The highest BCUT2D eigenvalue weighted by Gasteiger charge is 2.19. The summed E-state index contributed by atoms with van der Waals surface area (Å²) < 4.78 is 2.85. The Morgan fingerprint density at radius 1 is 1.03 bits per heavy atom. The van der Waals surface area contributed by atoms with Gasteiger partial charge in [0.1, 0.15) is 5.01 Å². The van der Waals surface area contributed by atoms with Crippen LogP contribution in [0, 0.1) is 13.8 Å². The lowest BCUT2D eigenvalue weighted by atomic mass is 9.93. The molecule has 5 nitrogen and oxygen atoms in total. The number of hydrogen-bond acceptors (Lipinski definition) is 4. The SMILES string of the molecule is Cc1cc2nc(-c3ccc(-c4cnn(C)c4C)cc3)sc2c(-c2ccc(Cl)cc2)c1CC(=O)O. The number of aryl methyl sites for hydroxylation is 2. The standard InChI is InChI=1S/C27H22ClN3O2S/c1-15-12-23-26(25(21(15)13-24(32)33)18-8-10-20(28)11-9-18)34-27(30-23)19-6-4-17(5-7-19)22-14-29-31(3)16(22)2/h4-12,14H,13H2,1-3H3,(H,32,33). The first-order valence-corrected chi connectivity index (χ1v) is 12.0. The average Bonchev–Trinajstić information content (AvgIpc) is 3.38. The molecule has 0 spiro atoms. The smallest absolute Gasteiger partial charge is 0.307 e. The molecule has 1 N–H and O–H groups in total. The lowest BCUT2D eigenvalue weighted by molar-refractivity contribution is -0.136. The Kier molecular flexibility index (Phi) is 5.71. The maximum atomic E-state index is 11.7. The highest BCUT2D eigenvalue weighted by atomic mass is 35.5. The zero-order chi connectivity index (χ0) is 24.0.